The summed E-state index contributed by atoms with van der Waals surface area (Å²) >= 11 is 1.74. The molecule has 0 bridgehead atoms. The van der Waals surface area contributed by atoms with Crippen molar-refractivity contribution in [3.8, 4) is 0 Å². The van der Waals surface area contributed by atoms with Crippen LogP contribution in [0.2, 0.25) is 0 Å². The quantitative estimate of drug-likeness (QED) is 0.575. The summed E-state index contributed by atoms with van der Waals surface area (Å²) in [4.78, 5) is 4.63. The SMILES string of the molecule is CC(C)(CCCS(=O)(=O)[O-])N1c2ccccc2Sc2ccccc21.[Na+]. The number of hydrogen-bond acceptors (Lipinski definition) is 5. The van der Waals surface area contributed by atoms with E-state index in [1.807, 2.05) is 24.3 Å². The minimum absolute atomic E-state index is 0. The second kappa shape index (κ2) is 8.03. The van der Waals surface area contributed by atoms with E-state index in [0.29, 0.717) is 12.8 Å². The van der Waals surface area contributed by atoms with Crippen molar-refractivity contribution in [1.29, 1.82) is 0 Å². The summed E-state index contributed by atoms with van der Waals surface area (Å²) in [5.41, 5.74) is 1.94. The summed E-state index contributed by atoms with van der Waals surface area (Å²) in [5.74, 6) is -0.317. The molecule has 0 aromatic heterocycles. The molecule has 2 aromatic carbocycles. The second-order valence-electron chi connectivity index (χ2n) is 6.55. The maximum Gasteiger partial charge on any atom is 1.00 e. The number of anilines is 2. The van der Waals surface area contributed by atoms with E-state index in [2.05, 4.69) is 43.0 Å². The molecule has 0 fully saturated rings. The van der Waals surface area contributed by atoms with E-state index < -0.39 is 10.1 Å². The Kier molecular flexibility index (Phi) is 6.68. The van der Waals surface area contributed by atoms with E-state index >= 15 is 0 Å². The molecular weight excluding hydrogens is 365 g/mol. The van der Waals surface area contributed by atoms with Crippen LogP contribution in [0.3, 0.4) is 0 Å². The maximum atomic E-state index is 10.9. The van der Waals surface area contributed by atoms with Gasteiger partial charge in [-0.25, -0.2) is 8.42 Å². The van der Waals surface area contributed by atoms with Gasteiger partial charge >= 0.3 is 29.6 Å². The van der Waals surface area contributed by atoms with Crippen LogP contribution in [0.15, 0.2) is 58.3 Å². The molecule has 0 unspecified atom stereocenters. The van der Waals surface area contributed by atoms with Gasteiger partial charge in [-0.1, -0.05) is 36.0 Å². The summed E-state index contributed by atoms with van der Waals surface area (Å²) in [6.07, 6.45) is 0.967. The molecule has 128 valence electrons. The molecule has 0 aliphatic carbocycles. The zero-order valence-electron chi connectivity index (χ0n) is 14.7. The minimum Gasteiger partial charge on any atom is -0.748 e. The molecule has 0 amide bonds. The van der Waals surface area contributed by atoms with Crippen LogP contribution in [0.5, 0.6) is 0 Å². The second-order valence-corrected chi connectivity index (χ2v) is 9.16. The van der Waals surface area contributed by atoms with Gasteiger partial charge in [0, 0.05) is 21.1 Å². The summed E-state index contributed by atoms with van der Waals surface area (Å²) < 4.78 is 32.8. The predicted molar refractivity (Wildman–Crippen MR) is 97.0 cm³/mol. The summed E-state index contributed by atoms with van der Waals surface area (Å²) in [7, 11) is -4.17. The van der Waals surface area contributed by atoms with Crippen molar-refractivity contribution in [3.63, 3.8) is 0 Å². The van der Waals surface area contributed by atoms with E-state index in [-0.39, 0.29) is 40.8 Å². The van der Waals surface area contributed by atoms with E-state index in [9.17, 15) is 13.0 Å². The van der Waals surface area contributed by atoms with Crippen LogP contribution in [0.25, 0.3) is 0 Å². The Morgan fingerprint density at radius 1 is 1.00 bits per heavy atom. The summed E-state index contributed by atoms with van der Waals surface area (Å²) in [6.45, 7) is 4.18. The molecule has 3 rings (SSSR count). The molecule has 0 radical (unpaired) electrons. The number of fused-ring (bicyclic) bond motifs is 2. The number of para-hydroxylation sites is 2. The molecule has 4 nitrogen and oxygen atoms in total. The van der Waals surface area contributed by atoms with Gasteiger partial charge < -0.3 is 9.45 Å². The molecule has 0 saturated heterocycles. The first-order chi connectivity index (χ1) is 11.3. The zero-order valence-corrected chi connectivity index (χ0v) is 18.4. The van der Waals surface area contributed by atoms with Crippen LogP contribution in [0, 0.1) is 0 Å². The van der Waals surface area contributed by atoms with Crippen molar-refractivity contribution in [2.24, 2.45) is 0 Å². The van der Waals surface area contributed by atoms with Crippen LogP contribution in [-0.4, -0.2) is 24.3 Å². The number of benzene rings is 2. The van der Waals surface area contributed by atoms with Crippen LogP contribution < -0.4 is 34.5 Å². The molecule has 0 saturated carbocycles. The van der Waals surface area contributed by atoms with Crippen molar-refractivity contribution in [2.45, 2.75) is 42.0 Å². The van der Waals surface area contributed by atoms with Gasteiger partial charge in [-0.3, -0.25) is 0 Å². The van der Waals surface area contributed by atoms with E-state index in [0.717, 1.165) is 11.4 Å². The molecular formula is C18H20NNaO3S2. The molecule has 0 N–H and O–H groups in total. The third-order valence-corrected chi connectivity index (χ3v) is 6.14. The fourth-order valence-electron chi connectivity index (χ4n) is 3.15. The van der Waals surface area contributed by atoms with Gasteiger partial charge in [0.1, 0.15) is 0 Å². The fourth-order valence-corrected chi connectivity index (χ4v) is 4.71. The maximum absolute atomic E-state index is 10.9. The Balaban J connectivity index is 0.00000225. The number of rotatable bonds is 5. The molecule has 2 aromatic rings. The topological polar surface area (TPSA) is 60.4 Å². The normalized spacial score (nSPS) is 13.6. The van der Waals surface area contributed by atoms with Crippen molar-refractivity contribution in [3.05, 3.63) is 48.5 Å². The Bertz CT molecular complexity index is 807. The van der Waals surface area contributed by atoms with E-state index in [4.69, 9.17) is 0 Å². The van der Waals surface area contributed by atoms with Gasteiger partial charge in [-0.15, -0.1) is 0 Å². The molecule has 0 atom stereocenters. The zero-order chi connectivity index (χ0) is 17.4. The van der Waals surface area contributed by atoms with Crippen LogP contribution in [0.1, 0.15) is 26.7 Å². The fraction of sp³-hybridized carbons (Fsp3) is 0.333. The average Bonchev–Trinajstić information content (AvgIpc) is 2.50. The third-order valence-electron chi connectivity index (χ3n) is 4.22. The molecule has 1 aliphatic rings. The summed E-state index contributed by atoms with van der Waals surface area (Å²) in [5, 5.41) is 0. The van der Waals surface area contributed by atoms with Crippen LogP contribution >= 0.6 is 11.8 Å². The van der Waals surface area contributed by atoms with Gasteiger partial charge in [0.15, 0.2) is 0 Å². The van der Waals surface area contributed by atoms with Crippen LogP contribution in [-0.2, 0) is 10.1 Å². The predicted octanol–water partition coefficient (Wildman–Crippen LogP) is 1.40. The Morgan fingerprint density at radius 2 is 1.48 bits per heavy atom. The molecule has 7 heteroatoms. The largest absolute Gasteiger partial charge is 1.00 e. The molecule has 25 heavy (non-hydrogen) atoms. The number of nitrogens with zero attached hydrogens (tertiary/aromatic N) is 1. The van der Waals surface area contributed by atoms with Gasteiger partial charge in [0.05, 0.1) is 21.5 Å². The first kappa shape index (κ1) is 20.8. The van der Waals surface area contributed by atoms with E-state index in [1.165, 1.54) is 9.79 Å². The molecule has 1 heterocycles. The Labute approximate surface area is 176 Å². The first-order valence-electron chi connectivity index (χ1n) is 7.88. The Morgan fingerprint density at radius 3 is 1.96 bits per heavy atom. The van der Waals surface area contributed by atoms with Crippen molar-refractivity contribution in [1.82, 2.24) is 0 Å². The third kappa shape index (κ3) is 4.81. The van der Waals surface area contributed by atoms with Gasteiger partial charge in [0.2, 0.25) is 0 Å². The van der Waals surface area contributed by atoms with Crippen molar-refractivity contribution < 1.29 is 42.5 Å². The standard InChI is InChI=1S/C18H21NO3S2.Na/c1-18(2,12-7-13-24(20,21)22)19-14-8-3-5-10-16(14)23-17-11-6-4-9-15(17)19;/h3-6,8-11H,7,12-13H2,1-2H3,(H,20,21,22);/q;+1/p-1. The summed E-state index contributed by atoms with van der Waals surface area (Å²) in [6, 6.07) is 16.4. The molecule has 1 aliphatic heterocycles. The average molecular weight is 385 g/mol. The molecule has 0 spiro atoms. The van der Waals surface area contributed by atoms with Crippen LogP contribution in [0.4, 0.5) is 11.4 Å². The first-order valence-corrected chi connectivity index (χ1v) is 10.3. The van der Waals surface area contributed by atoms with Gasteiger partial charge in [-0.05, 0) is 51.0 Å². The van der Waals surface area contributed by atoms with Gasteiger partial charge in [-0.2, -0.15) is 0 Å². The van der Waals surface area contributed by atoms with Crippen molar-refractivity contribution >= 4 is 33.3 Å². The Hall–Kier alpha value is -0.500. The monoisotopic (exact) mass is 385 g/mol. The minimum atomic E-state index is -4.17. The van der Waals surface area contributed by atoms with E-state index in [1.54, 1.807) is 11.8 Å². The number of hydrogen-bond donors (Lipinski definition) is 0. The van der Waals surface area contributed by atoms with Gasteiger partial charge in [0.25, 0.3) is 0 Å². The smallest absolute Gasteiger partial charge is 0.748 e. The van der Waals surface area contributed by atoms with Crippen molar-refractivity contribution in [2.75, 3.05) is 10.7 Å².